The molecule has 1 aliphatic rings. The number of fused-ring (bicyclic) bond motifs is 1. The fraction of sp³-hybridized carbons (Fsp3) is 0.263. The van der Waals surface area contributed by atoms with Crippen molar-refractivity contribution in [1.29, 1.82) is 0 Å². The highest BCUT2D eigenvalue weighted by Crippen LogP contribution is 2.30. The molecule has 0 unspecified atom stereocenters. The smallest absolute Gasteiger partial charge is 0.257 e. The summed E-state index contributed by atoms with van der Waals surface area (Å²) in [5, 5.41) is 14.3. The standard InChI is InChI=1S/C19H20N6O2/c1-12(2)25-11-21-24-18(25)14-6-4-8-16(23-14)22-13-5-3-7-15-17(13)19(26)20-9-10-27-15/h3-8,11-12H,9-10H2,1-2H3,(H,20,26)(H,22,23). The number of ether oxygens (including phenoxy) is 1. The second kappa shape index (κ2) is 7.06. The van der Waals surface area contributed by atoms with Crippen molar-refractivity contribution < 1.29 is 9.53 Å². The number of carbonyl (C=O) groups is 1. The predicted octanol–water partition coefficient (Wildman–Crippen LogP) is 2.79. The Morgan fingerprint density at radius 3 is 2.93 bits per heavy atom. The van der Waals surface area contributed by atoms with E-state index < -0.39 is 0 Å². The molecule has 0 fully saturated rings. The van der Waals surface area contributed by atoms with Crippen LogP contribution in [-0.4, -0.2) is 38.8 Å². The van der Waals surface area contributed by atoms with Gasteiger partial charge in [-0.1, -0.05) is 12.1 Å². The van der Waals surface area contributed by atoms with Gasteiger partial charge in [0.15, 0.2) is 5.82 Å². The van der Waals surface area contributed by atoms with Crippen molar-refractivity contribution in [3.05, 3.63) is 48.3 Å². The van der Waals surface area contributed by atoms with Crippen molar-refractivity contribution in [2.45, 2.75) is 19.9 Å². The summed E-state index contributed by atoms with van der Waals surface area (Å²) in [6.45, 7) is 5.05. The summed E-state index contributed by atoms with van der Waals surface area (Å²) in [4.78, 5) is 17.1. The van der Waals surface area contributed by atoms with Crippen molar-refractivity contribution in [3.63, 3.8) is 0 Å². The maximum absolute atomic E-state index is 12.4. The van der Waals surface area contributed by atoms with Gasteiger partial charge in [-0.25, -0.2) is 4.98 Å². The van der Waals surface area contributed by atoms with E-state index in [0.717, 1.165) is 0 Å². The molecule has 27 heavy (non-hydrogen) atoms. The average molecular weight is 364 g/mol. The third kappa shape index (κ3) is 3.33. The van der Waals surface area contributed by atoms with E-state index in [1.165, 1.54) is 0 Å². The number of aromatic nitrogens is 4. The van der Waals surface area contributed by atoms with Gasteiger partial charge < -0.3 is 19.9 Å². The van der Waals surface area contributed by atoms with Crippen LogP contribution in [0.25, 0.3) is 11.5 Å². The maximum atomic E-state index is 12.4. The number of anilines is 2. The van der Waals surface area contributed by atoms with E-state index in [9.17, 15) is 4.79 Å². The van der Waals surface area contributed by atoms with Gasteiger partial charge in [0, 0.05) is 6.04 Å². The minimum Gasteiger partial charge on any atom is -0.491 e. The number of amides is 1. The molecule has 0 aliphatic carbocycles. The van der Waals surface area contributed by atoms with Crippen LogP contribution in [0.5, 0.6) is 5.75 Å². The minimum atomic E-state index is -0.165. The van der Waals surface area contributed by atoms with Crippen LogP contribution in [0.15, 0.2) is 42.7 Å². The van der Waals surface area contributed by atoms with E-state index in [0.29, 0.717) is 47.5 Å². The number of benzene rings is 1. The molecule has 138 valence electrons. The van der Waals surface area contributed by atoms with Crippen LogP contribution >= 0.6 is 0 Å². The third-order valence-corrected chi connectivity index (χ3v) is 4.27. The maximum Gasteiger partial charge on any atom is 0.257 e. The lowest BCUT2D eigenvalue weighted by atomic mass is 10.1. The molecule has 8 nitrogen and oxygen atoms in total. The molecule has 0 atom stereocenters. The van der Waals surface area contributed by atoms with E-state index in [1.54, 1.807) is 12.4 Å². The first-order valence-corrected chi connectivity index (χ1v) is 8.81. The van der Waals surface area contributed by atoms with Crippen molar-refractivity contribution in [3.8, 4) is 17.3 Å². The first-order valence-electron chi connectivity index (χ1n) is 8.81. The molecule has 0 radical (unpaired) electrons. The molecule has 3 aromatic rings. The highest BCUT2D eigenvalue weighted by Gasteiger charge is 2.20. The zero-order chi connectivity index (χ0) is 18.8. The fourth-order valence-corrected chi connectivity index (χ4v) is 2.97. The fourth-order valence-electron chi connectivity index (χ4n) is 2.97. The Balaban J connectivity index is 1.69. The number of pyridine rings is 1. The Morgan fingerprint density at radius 1 is 1.22 bits per heavy atom. The van der Waals surface area contributed by atoms with Gasteiger partial charge in [0.1, 0.15) is 35.8 Å². The first kappa shape index (κ1) is 17.0. The molecule has 4 rings (SSSR count). The topological polar surface area (TPSA) is 94.0 Å². The van der Waals surface area contributed by atoms with Gasteiger partial charge in [0.2, 0.25) is 0 Å². The van der Waals surface area contributed by atoms with Gasteiger partial charge in [-0.15, -0.1) is 10.2 Å². The van der Waals surface area contributed by atoms with Gasteiger partial charge >= 0.3 is 0 Å². The number of hydrogen-bond acceptors (Lipinski definition) is 6. The molecular weight excluding hydrogens is 344 g/mol. The van der Waals surface area contributed by atoms with E-state index in [-0.39, 0.29) is 11.9 Å². The van der Waals surface area contributed by atoms with Gasteiger partial charge in [-0.05, 0) is 38.1 Å². The summed E-state index contributed by atoms with van der Waals surface area (Å²) < 4.78 is 7.62. The van der Waals surface area contributed by atoms with E-state index in [2.05, 4.69) is 39.7 Å². The van der Waals surface area contributed by atoms with Crippen LogP contribution in [0, 0.1) is 0 Å². The molecule has 0 saturated heterocycles. The lowest BCUT2D eigenvalue weighted by Crippen LogP contribution is -2.25. The summed E-state index contributed by atoms with van der Waals surface area (Å²) in [6.07, 6.45) is 1.69. The van der Waals surface area contributed by atoms with Gasteiger partial charge in [0.05, 0.1) is 12.2 Å². The zero-order valence-electron chi connectivity index (χ0n) is 15.1. The Hall–Kier alpha value is -3.42. The summed E-state index contributed by atoms with van der Waals surface area (Å²) in [5.41, 5.74) is 1.82. The Kier molecular flexibility index (Phi) is 4.45. The van der Waals surface area contributed by atoms with Crippen molar-refractivity contribution in [2.75, 3.05) is 18.5 Å². The van der Waals surface area contributed by atoms with E-state index in [4.69, 9.17) is 4.74 Å². The molecule has 0 saturated carbocycles. The van der Waals surface area contributed by atoms with Gasteiger partial charge in [0.25, 0.3) is 5.91 Å². The Bertz CT molecular complexity index is 982. The van der Waals surface area contributed by atoms with Crippen molar-refractivity contribution in [2.24, 2.45) is 0 Å². The lowest BCUT2D eigenvalue weighted by Gasteiger charge is -2.14. The summed E-state index contributed by atoms with van der Waals surface area (Å²) in [7, 11) is 0. The van der Waals surface area contributed by atoms with Gasteiger partial charge in [-0.3, -0.25) is 4.79 Å². The molecule has 8 heteroatoms. The number of carbonyl (C=O) groups excluding carboxylic acids is 1. The van der Waals surface area contributed by atoms with Crippen LogP contribution in [0.1, 0.15) is 30.2 Å². The van der Waals surface area contributed by atoms with E-state index in [1.807, 2.05) is 34.9 Å². The van der Waals surface area contributed by atoms with Crippen LogP contribution in [-0.2, 0) is 0 Å². The molecule has 1 aliphatic heterocycles. The first-order chi connectivity index (χ1) is 13.1. The SMILES string of the molecule is CC(C)n1cnnc1-c1cccc(Nc2cccc3c2C(=O)NCCO3)n1. The van der Waals surface area contributed by atoms with Gasteiger partial charge in [-0.2, -0.15) is 0 Å². The highest BCUT2D eigenvalue weighted by molar-refractivity contribution is 6.03. The second-order valence-electron chi connectivity index (χ2n) is 6.47. The quantitative estimate of drug-likeness (QED) is 0.739. The molecule has 2 N–H and O–H groups in total. The molecule has 1 amide bonds. The summed E-state index contributed by atoms with van der Waals surface area (Å²) >= 11 is 0. The summed E-state index contributed by atoms with van der Waals surface area (Å²) in [6, 6.07) is 11.3. The molecule has 2 aromatic heterocycles. The molecule has 0 bridgehead atoms. The largest absolute Gasteiger partial charge is 0.491 e. The molecule has 3 heterocycles. The molecular formula is C19H20N6O2. The Morgan fingerprint density at radius 2 is 2.07 bits per heavy atom. The molecule has 0 spiro atoms. The average Bonchev–Trinajstić information content (AvgIpc) is 3.08. The third-order valence-electron chi connectivity index (χ3n) is 4.27. The Labute approximate surface area is 156 Å². The van der Waals surface area contributed by atoms with Crippen LogP contribution in [0.3, 0.4) is 0 Å². The second-order valence-corrected chi connectivity index (χ2v) is 6.47. The van der Waals surface area contributed by atoms with Crippen LogP contribution < -0.4 is 15.4 Å². The predicted molar refractivity (Wildman–Crippen MR) is 101 cm³/mol. The van der Waals surface area contributed by atoms with Crippen molar-refractivity contribution in [1.82, 2.24) is 25.1 Å². The highest BCUT2D eigenvalue weighted by atomic mass is 16.5. The van der Waals surface area contributed by atoms with Crippen molar-refractivity contribution >= 4 is 17.4 Å². The number of nitrogens with zero attached hydrogens (tertiary/aromatic N) is 4. The number of nitrogens with one attached hydrogen (secondary N) is 2. The monoisotopic (exact) mass is 364 g/mol. The number of hydrogen-bond donors (Lipinski definition) is 2. The summed E-state index contributed by atoms with van der Waals surface area (Å²) in [5.74, 6) is 1.70. The molecule has 1 aromatic carbocycles. The lowest BCUT2D eigenvalue weighted by molar-refractivity contribution is 0.0958. The number of rotatable bonds is 4. The minimum absolute atomic E-state index is 0.165. The zero-order valence-corrected chi connectivity index (χ0v) is 15.1. The van der Waals surface area contributed by atoms with Crippen LogP contribution in [0.4, 0.5) is 11.5 Å². The van der Waals surface area contributed by atoms with E-state index >= 15 is 0 Å². The normalized spacial score (nSPS) is 13.5. The van der Waals surface area contributed by atoms with Crippen LogP contribution in [0.2, 0.25) is 0 Å².